The van der Waals surface area contributed by atoms with Gasteiger partial charge in [0.1, 0.15) is 18.8 Å². The van der Waals surface area contributed by atoms with E-state index in [1.807, 2.05) is 0 Å². The number of hydrogen-bond acceptors (Lipinski definition) is 6. The normalized spacial score (nSPS) is 19.9. The highest BCUT2D eigenvalue weighted by Crippen LogP contribution is 2.15. The summed E-state index contributed by atoms with van der Waals surface area (Å²) in [6.45, 7) is 3.51. The number of rotatable bonds is 5. The molecule has 20 heavy (non-hydrogen) atoms. The lowest BCUT2D eigenvalue weighted by Gasteiger charge is -2.32. The molecule has 9 heteroatoms. The van der Waals surface area contributed by atoms with Crippen LogP contribution in [-0.2, 0) is 16.1 Å². The van der Waals surface area contributed by atoms with Crippen molar-refractivity contribution in [1.29, 1.82) is 0 Å². The van der Waals surface area contributed by atoms with Gasteiger partial charge in [-0.3, -0.25) is 9.69 Å². The molecule has 0 saturated carbocycles. The maximum absolute atomic E-state index is 11.1. The van der Waals surface area contributed by atoms with Crippen LogP contribution < -0.4 is 0 Å². The van der Waals surface area contributed by atoms with Crippen LogP contribution in [0, 0.1) is 17.0 Å². The zero-order valence-electron chi connectivity index (χ0n) is 11.1. The molecule has 0 aliphatic carbocycles. The maximum Gasteiger partial charge on any atom is 0.342 e. The summed E-state index contributed by atoms with van der Waals surface area (Å²) in [5.74, 6) is -0.485. The lowest BCUT2D eigenvalue weighted by molar-refractivity contribution is -0.392. The molecule has 0 amide bonds. The molecule has 110 valence electrons. The molecule has 1 aliphatic rings. The molecule has 2 heterocycles. The van der Waals surface area contributed by atoms with Gasteiger partial charge < -0.3 is 20.0 Å². The molecule has 1 aromatic rings. The second-order valence-corrected chi connectivity index (χ2v) is 4.54. The van der Waals surface area contributed by atoms with Gasteiger partial charge >= 0.3 is 11.8 Å². The van der Waals surface area contributed by atoms with E-state index < -0.39 is 16.9 Å². The molecule has 0 radical (unpaired) electrons. The van der Waals surface area contributed by atoms with Crippen molar-refractivity contribution in [3.63, 3.8) is 0 Å². The maximum atomic E-state index is 11.1. The Balaban J connectivity index is 2.06. The summed E-state index contributed by atoms with van der Waals surface area (Å²) in [7, 11) is 0. The first-order valence-electron chi connectivity index (χ1n) is 6.22. The highest BCUT2D eigenvalue weighted by Gasteiger charge is 2.30. The number of imidazole rings is 1. The molecule has 1 saturated heterocycles. The van der Waals surface area contributed by atoms with Gasteiger partial charge in [0, 0.05) is 20.0 Å². The minimum atomic E-state index is -0.943. The molecule has 1 fully saturated rings. The Kier molecular flexibility index (Phi) is 4.30. The summed E-state index contributed by atoms with van der Waals surface area (Å²) < 4.78 is 6.63. The number of hydrogen-bond donors (Lipinski definition) is 1. The van der Waals surface area contributed by atoms with Crippen LogP contribution in [0.5, 0.6) is 0 Å². The molecular formula is C11H16N4O5. The zero-order chi connectivity index (χ0) is 14.7. The Morgan fingerprint density at radius 3 is 3.05 bits per heavy atom. The molecule has 0 bridgehead atoms. The van der Waals surface area contributed by atoms with Crippen LogP contribution in [0.25, 0.3) is 0 Å². The molecule has 1 aliphatic heterocycles. The molecule has 1 atom stereocenters. The van der Waals surface area contributed by atoms with Crippen molar-refractivity contribution in [3.8, 4) is 0 Å². The van der Waals surface area contributed by atoms with E-state index in [0.717, 1.165) is 0 Å². The van der Waals surface area contributed by atoms with Gasteiger partial charge in [-0.25, -0.2) is 9.55 Å². The van der Waals surface area contributed by atoms with E-state index in [4.69, 9.17) is 9.84 Å². The van der Waals surface area contributed by atoms with Crippen molar-refractivity contribution in [1.82, 2.24) is 14.5 Å². The van der Waals surface area contributed by atoms with Gasteiger partial charge in [0.25, 0.3) is 0 Å². The minimum Gasteiger partial charge on any atom is -0.480 e. The van der Waals surface area contributed by atoms with Crippen molar-refractivity contribution in [2.75, 3.05) is 26.3 Å². The minimum absolute atomic E-state index is 0.0809. The van der Waals surface area contributed by atoms with Crippen molar-refractivity contribution >= 4 is 11.8 Å². The summed E-state index contributed by atoms with van der Waals surface area (Å²) in [4.78, 5) is 27.2. The van der Waals surface area contributed by atoms with Gasteiger partial charge in [0.15, 0.2) is 5.82 Å². The Labute approximate surface area is 114 Å². The summed E-state index contributed by atoms with van der Waals surface area (Å²) in [6.07, 6.45) is 1.21. The third-order valence-electron chi connectivity index (χ3n) is 3.36. The number of aliphatic carboxylic acids is 1. The van der Waals surface area contributed by atoms with E-state index in [1.54, 1.807) is 11.8 Å². The van der Waals surface area contributed by atoms with Gasteiger partial charge in [0.2, 0.25) is 0 Å². The zero-order valence-corrected chi connectivity index (χ0v) is 11.1. The van der Waals surface area contributed by atoms with Crippen molar-refractivity contribution < 1.29 is 19.6 Å². The quantitative estimate of drug-likeness (QED) is 0.593. The first kappa shape index (κ1) is 14.4. The fourth-order valence-corrected chi connectivity index (χ4v) is 2.24. The molecule has 1 unspecified atom stereocenters. The lowest BCUT2D eigenvalue weighted by Crippen LogP contribution is -2.50. The molecule has 0 spiro atoms. The average Bonchev–Trinajstić information content (AvgIpc) is 2.78. The number of carboxylic acid groups (broad SMARTS) is 1. The SMILES string of the molecule is Cc1ncc([N+](=O)[O-])n1CCN1CCOCC1C(=O)O. The topological polar surface area (TPSA) is 111 Å². The number of nitro groups is 1. The fourth-order valence-electron chi connectivity index (χ4n) is 2.24. The van der Waals surface area contributed by atoms with E-state index in [9.17, 15) is 14.9 Å². The Morgan fingerprint density at radius 2 is 2.40 bits per heavy atom. The summed E-state index contributed by atoms with van der Waals surface area (Å²) in [5, 5.41) is 20.0. The smallest absolute Gasteiger partial charge is 0.342 e. The highest BCUT2D eigenvalue weighted by atomic mass is 16.6. The predicted molar refractivity (Wildman–Crippen MR) is 67.4 cm³/mol. The Morgan fingerprint density at radius 1 is 1.65 bits per heavy atom. The number of nitrogens with zero attached hydrogens (tertiary/aromatic N) is 4. The van der Waals surface area contributed by atoms with Crippen LogP contribution in [-0.4, -0.2) is 62.8 Å². The third kappa shape index (κ3) is 2.94. The average molecular weight is 284 g/mol. The Bertz CT molecular complexity index is 515. The number of carbonyl (C=O) groups is 1. The summed E-state index contributed by atoms with van der Waals surface area (Å²) in [6, 6.07) is -0.702. The Hall–Kier alpha value is -2.00. The molecular weight excluding hydrogens is 268 g/mol. The third-order valence-corrected chi connectivity index (χ3v) is 3.36. The molecule has 2 rings (SSSR count). The van der Waals surface area contributed by atoms with E-state index >= 15 is 0 Å². The fraction of sp³-hybridized carbons (Fsp3) is 0.636. The first-order valence-corrected chi connectivity index (χ1v) is 6.22. The van der Waals surface area contributed by atoms with Gasteiger partial charge in [-0.05, 0) is 4.92 Å². The lowest BCUT2D eigenvalue weighted by atomic mass is 10.2. The van der Waals surface area contributed by atoms with Crippen molar-refractivity contribution in [2.45, 2.75) is 19.5 Å². The number of ether oxygens (including phenoxy) is 1. The molecule has 1 N–H and O–H groups in total. The van der Waals surface area contributed by atoms with E-state index in [1.165, 1.54) is 10.8 Å². The molecule has 9 nitrogen and oxygen atoms in total. The van der Waals surface area contributed by atoms with Gasteiger partial charge in [-0.15, -0.1) is 0 Å². The first-order chi connectivity index (χ1) is 9.50. The summed E-state index contributed by atoms with van der Waals surface area (Å²) in [5.41, 5.74) is 0. The molecule has 1 aromatic heterocycles. The highest BCUT2D eigenvalue weighted by molar-refractivity contribution is 5.73. The standard InChI is InChI=1S/C11H16N4O5/c1-8-12-6-10(15(18)19)14(8)3-2-13-4-5-20-7-9(13)11(16)17/h6,9H,2-5,7H2,1H3,(H,16,17). The predicted octanol–water partition coefficient (Wildman–Crippen LogP) is -0.115. The van der Waals surface area contributed by atoms with Crippen LogP contribution in [0.15, 0.2) is 6.20 Å². The van der Waals surface area contributed by atoms with Gasteiger partial charge in [-0.2, -0.15) is 0 Å². The monoisotopic (exact) mass is 284 g/mol. The number of carboxylic acids is 1. The summed E-state index contributed by atoms with van der Waals surface area (Å²) >= 11 is 0. The number of aryl methyl sites for hydroxylation is 1. The van der Waals surface area contributed by atoms with Crippen LogP contribution in [0.4, 0.5) is 5.82 Å². The van der Waals surface area contributed by atoms with E-state index in [0.29, 0.717) is 32.1 Å². The van der Waals surface area contributed by atoms with Crippen LogP contribution >= 0.6 is 0 Å². The number of aromatic nitrogens is 2. The van der Waals surface area contributed by atoms with Crippen LogP contribution in [0.3, 0.4) is 0 Å². The van der Waals surface area contributed by atoms with E-state index in [2.05, 4.69) is 4.98 Å². The second kappa shape index (κ2) is 5.97. The van der Waals surface area contributed by atoms with E-state index in [-0.39, 0.29) is 12.4 Å². The number of morpholine rings is 1. The van der Waals surface area contributed by atoms with Crippen LogP contribution in [0.2, 0.25) is 0 Å². The van der Waals surface area contributed by atoms with Crippen molar-refractivity contribution in [3.05, 3.63) is 22.1 Å². The van der Waals surface area contributed by atoms with Crippen LogP contribution in [0.1, 0.15) is 5.82 Å². The van der Waals surface area contributed by atoms with Gasteiger partial charge in [0.05, 0.1) is 13.2 Å². The largest absolute Gasteiger partial charge is 0.480 e. The van der Waals surface area contributed by atoms with Gasteiger partial charge in [-0.1, -0.05) is 0 Å². The molecule has 0 aromatic carbocycles. The second-order valence-electron chi connectivity index (χ2n) is 4.54. The van der Waals surface area contributed by atoms with Crippen molar-refractivity contribution in [2.24, 2.45) is 0 Å².